The first-order valence-corrected chi connectivity index (χ1v) is 9.68. The van der Waals surface area contributed by atoms with Crippen molar-refractivity contribution in [1.29, 1.82) is 0 Å². The van der Waals surface area contributed by atoms with Crippen LogP contribution in [0.3, 0.4) is 0 Å². The van der Waals surface area contributed by atoms with E-state index in [4.69, 9.17) is 4.52 Å². The Labute approximate surface area is 164 Å². The Hall–Kier alpha value is -3.21. The summed E-state index contributed by atoms with van der Waals surface area (Å²) in [6.07, 6.45) is 7.42. The van der Waals surface area contributed by atoms with Crippen molar-refractivity contribution in [3.63, 3.8) is 0 Å². The van der Waals surface area contributed by atoms with E-state index in [1.807, 2.05) is 60.7 Å². The average Bonchev–Trinajstić information content (AvgIpc) is 3.25. The van der Waals surface area contributed by atoms with Crippen LogP contribution in [0.2, 0.25) is 0 Å². The quantitative estimate of drug-likeness (QED) is 0.646. The fraction of sp³-hybridized carbons (Fsp3) is 0.261. The fourth-order valence-electron chi connectivity index (χ4n) is 3.45. The molecule has 3 aromatic rings. The molecule has 1 amide bonds. The molecule has 28 heavy (non-hydrogen) atoms. The number of hydrogen-bond acceptors (Lipinski definition) is 4. The zero-order valence-corrected chi connectivity index (χ0v) is 15.6. The molecule has 0 fully saturated rings. The normalized spacial score (nSPS) is 17.2. The highest BCUT2D eigenvalue weighted by atomic mass is 16.5. The van der Waals surface area contributed by atoms with E-state index >= 15 is 0 Å². The van der Waals surface area contributed by atoms with Gasteiger partial charge in [-0.25, -0.2) is 0 Å². The lowest BCUT2D eigenvalue weighted by Crippen LogP contribution is -2.35. The van der Waals surface area contributed by atoms with Crippen LogP contribution in [0.4, 0.5) is 0 Å². The highest BCUT2D eigenvalue weighted by Crippen LogP contribution is 2.24. The van der Waals surface area contributed by atoms with Gasteiger partial charge in [-0.15, -0.1) is 0 Å². The summed E-state index contributed by atoms with van der Waals surface area (Å²) in [4.78, 5) is 17.4. The van der Waals surface area contributed by atoms with E-state index in [0.717, 1.165) is 30.4 Å². The number of benzene rings is 2. The second kappa shape index (κ2) is 8.65. The smallest absolute Gasteiger partial charge is 0.249 e. The van der Waals surface area contributed by atoms with E-state index in [-0.39, 0.29) is 17.9 Å². The molecule has 1 aromatic heterocycles. The monoisotopic (exact) mass is 373 g/mol. The average molecular weight is 373 g/mol. The van der Waals surface area contributed by atoms with E-state index in [1.54, 1.807) is 0 Å². The van der Waals surface area contributed by atoms with Crippen molar-refractivity contribution in [3.05, 3.63) is 84.3 Å². The molecule has 4 rings (SSSR count). The van der Waals surface area contributed by atoms with Crippen molar-refractivity contribution < 1.29 is 9.32 Å². The van der Waals surface area contributed by atoms with Gasteiger partial charge < -0.3 is 9.84 Å². The molecule has 5 nitrogen and oxygen atoms in total. The van der Waals surface area contributed by atoms with Gasteiger partial charge in [0.2, 0.25) is 17.6 Å². The molecule has 1 aliphatic rings. The molecule has 0 aliphatic heterocycles. The summed E-state index contributed by atoms with van der Waals surface area (Å²) in [5.41, 5.74) is 2.00. The predicted molar refractivity (Wildman–Crippen MR) is 107 cm³/mol. The SMILES string of the molecule is O=C(N[C@@H](Cc1ccccc1)c1nc(-c2ccccc2)no1)[C@@H]1CC=CCC1. The third kappa shape index (κ3) is 4.36. The van der Waals surface area contributed by atoms with Gasteiger partial charge in [-0.2, -0.15) is 4.98 Å². The molecule has 0 saturated carbocycles. The number of aromatic nitrogens is 2. The highest BCUT2D eigenvalue weighted by Gasteiger charge is 2.26. The van der Waals surface area contributed by atoms with Crippen LogP contribution in [0, 0.1) is 5.92 Å². The van der Waals surface area contributed by atoms with E-state index in [1.165, 1.54) is 0 Å². The summed E-state index contributed by atoms with van der Waals surface area (Å²) in [6.45, 7) is 0. The maximum absolute atomic E-state index is 12.8. The molecule has 0 bridgehead atoms. The summed E-state index contributed by atoms with van der Waals surface area (Å²) < 4.78 is 5.55. The molecule has 0 saturated heterocycles. The number of nitrogens with one attached hydrogen (secondary N) is 1. The van der Waals surface area contributed by atoms with Crippen LogP contribution in [0.1, 0.15) is 36.8 Å². The minimum atomic E-state index is -0.356. The third-order valence-electron chi connectivity index (χ3n) is 5.01. The van der Waals surface area contributed by atoms with Crippen molar-refractivity contribution in [1.82, 2.24) is 15.5 Å². The summed E-state index contributed by atoms with van der Waals surface area (Å²) >= 11 is 0. The Balaban J connectivity index is 1.56. The van der Waals surface area contributed by atoms with Gasteiger partial charge in [0.05, 0.1) is 0 Å². The number of carbonyl (C=O) groups excluding carboxylic acids is 1. The molecule has 5 heteroatoms. The lowest BCUT2D eigenvalue weighted by Gasteiger charge is -2.21. The summed E-state index contributed by atoms with van der Waals surface area (Å²) in [5, 5.41) is 7.27. The molecule has 0 spiro atoms. The maximum atomic E-state index is 12.8. The van der Waals surface area contributed by atoms with Crippen LogP contribution in [-0.4, -0.2) is 16.0 Å². The van der Waals surface area contributed by atoms with E-state index in [9.17, 15) is 4.79 Å². The predicted octanol–water partition coefficient (Wildman–Crippen LogP) is 4.49. The number of rotatable bonds is 6. The van der Waals surface area contributed by atoms with Gasteiger partial charge in [0.25, 0.3) is 0 Å². The molecule has 2 atom stereocenters. The van der Waals surface area contributed by atoms with Crippen LogP contribution >= 0.6 is 0 Å². The highest BCUT2D eigenvalue weighted by molar-refractivity contribution is 5.79. The molecule has 1 aliphatic carbocycles. The lowest BCUT2D eigenvalue weighted by atomic mass is 9.93. The molecule has 1 N–H and O–H groups in total. The van der Waals surface area contributed by atoms with E-state index in [2.05, 4.69) is 27.6 Å². The number of hydrogen-bond donors (Lipinski definition) is 1. The standard InChI is InChI=1S/C23H23N3O2/c27-22(19-14-8-3-9-15-19)24-20(16-17-10-4-1-5-11-17)23-25-21(26-28-23)18-12-6-2-7-13-18/h1-8,10-13,19-20H,9,14-16H2,(H,24,27)/t19-,20+/m1/s1. The topological polar surface area (TPSA) is 68.0 Å². The first-order chi connectivity index (χ1) is 13.8. The van der Waals surface area contributed by atoms with Crippen LogP contribution in [0.15, 0.2) is 77.3 Å². The van der Waals surface area contributed by atoms with Gasteiger partial charge in [0, 0.05) is 17.9 Å². The Morgan fingerprint density at radius 3 is 2.54 bits per heavy atom. The molecule has 0 radical (unpaired) electrons. The van der Waals surface area contributed by atoms with Crippen molar-refractivity contribution in [3.8, 4) is 11.4 Å². The van der Waals surface area contributed by atoms with Gasteiger partial charge in [0.1, 0.15) is 6.04 Å². The van der Waals surface area contributed by atoms with Gasteiger partial charge in [-0.05, 0) is 24.8 Å². The number of allylic oxidation sites excluding steroid dienone is 2. The maximum Gasteiger partial charge on any atom is 0.249 e. The molecular weight excluding hydrogens is 350 g/mol. The Bertz CT molecular complexity index is 935. The Morgan fingerprint density at radius 1 is 1.07 bits per heavy atom. The summed E-state index contributed by atoms with van der Waals surface area (Å²) in [7, 11) is 0. The van der Waals surface area contributed by atoms with Crippen LogP contribution < -0.4 is 5.32 Å². The van der Waals surface area contributed by atoms with Gasteiger partial charge in [-0.1, -0.05) is 78.0 Å². The second-order valence-corrected chi connectivity index (χ2v) is 7.05. The molecule has 142 valence electrons. The minimum Gasteiger partial charge on any atom is -0.344 e. The van der Waals surface area contributed by atoms with Crippen LogP contribution in [0.5, 0.6) is 0 Å². The van der Waals surface area contributed by atoms with Gasteiger partial charge in [0.15, 0.2) is 0 Å². The van der Waals surface area contributed by atoms with E-state index in [0.29, 0.717) is 18.1 Å². The third-order valence-corrected chi connectivity index (χ3v) is 5.01. The Kier molecular flexibility index (Phi) is 5.61. The second-order valence-electron chi connectivity index (χ2n) is 7.05. The molecule has 0 unspecified atom stereocenters. The Morgan fingerprint density at radius 2 is 1.82 bits per heavy atom. The molecular formula is C23H23N3O2. The molecule has 1 heterocycles. The first kappa shape index (κ1) is 18.2. The van der Waals surface area contributed by atoms with Crippen molar-refractivity contribution in [2.24, 2.45) is 5.92 Å². The zero-order chi connectivity index (χ0) is 19.2. The van der Waals surface area contributed by atoms with Crippen LogP contribution in [-0.2, 0) is 11.2 Å². The minimum absolute atomic E-state index is 0.000196. The molecule has 2 aromatic carbocycles. The fourth-order valence-corrected chi connectivity index (χ4v) is 3.45. The van der Waals surface area contributed by atoms with Crippen molar-refractivity contribution >= 4 is 5.91 Å². The summed E-state index contributed by atoms with van der Waals surface area (Å²) in [6, 6.07) is 19.4. The van der Waals surface area contributed by atoms with Crippen LogP contribution in [0.25, 0.3) is 11.4 Å². The lowest BCUT2D eigenvalue weighted by molar-refractivity contribution is -0.126. The number of carbonyl (C=O) groups is 1. The zero-order valence-electron chi connectivity index (χ0n) is 15.6. The first-order valence-electron chi connectivity index (χ1n) is 9.68. The number of nitrogens with zero attached hydrogens (tertiary/aromatic N) is 2. The van der Waals surface area contributed by atoms with Gasteiger partial charge >= 0.3 is 0 Å². The number of amides is 1. The van der Waals surface area contributed by atoms with Gasteiger partial charge in [-0.3, -0.25) is 4.79 Å². The van der Waals surface area contributed by atoms with Crippen molar-refractivity contribution in [2.75, 3.05) is 0 Å². The van der Waals surface area contributed by atoms with E-state index < -0.39 is 0 Å². The summed E-state index contributed by atoms with van der Waals surface area (Å²) in [5.74, 6) is 1.01. The largest absolute Gasteiger partial charge is 0.344 e. The van der Waals surface area contributed by atoms with Crippen molar-refractivity contribution in [2.45, 2.75) is 31.7 Å².